The summed E-state index contributed by atoms with van der Waals surface area (Å²) in [5.41, 5.74) is 1.55. The molecule has 0 bridgehead atoms. The second-order valence-corrected chi connectivity index (χ2v) is 6.68. The Bertz CT molecular complexity index is 919. The van der Waals surface area contributed by atoms with Gasteiger partial charge in [-0.25, -0.2) is 9.97 Å². The normalized spacial score (nSPS) is 10.5. The van der Waals surface area contributed by atoms with Gasteiger partial charge in [-0.15, -0.1) is 0 Å². The Hall–Kier alpha value is -2.64. The molecule has 0 unspecified atom stereocenters. The molecule has 3 rings (SSSR count). The first kappa shape index (κ1) is 17.2. The number of nitrogens with zero attached hydrogens (tertiary/aromatic N) is 3. The Labute approximate surface area is 153 Å². The van der Waals surface area contributed by atoms with Gasteiger partial charge in [0.15, 0.2) is 5.03 Å². The second-order valence-electron chi connectivity index (χ2n) is 5.18. The first-order chi connectivity index (χ1) is 12.0. The molecular formula is C17H13ClN4O2S. The quantitative estimate of drug-likeness (QED) is 0.374. The average Bonchev–Trinajstić information content (AvgIpc) is 2.57. The van der Waals surface area contributed by atoms with E-state index in [4.69, 9.17) is 11.6 Å². The SMILES string of the molecule is Cc1ccc(Sc2ncnc(Nc3cccc(Cl)c3)c2[N+](=O)[O-])cc1. The number of aromatic nitrogens is 2. The smallest absolute Gasteiger partial charge is 0.334 e. The van der Waals surface area contributed by atoms with E-state index in [-0.39, 0.29) is 16.5 Å². The van der Waals surface area contributed by atoms with E-state index in [9.17, 15) is 10.1 Å². The van der Waals surface area contributed by atoms with Crippen LogP contribution in [0.5, 0.6) is 0 Å². The molecule has 126 valence electrons. The van der Waals surface area contributed by atoms with Gasteiger partial charge in [-0.05, 0) is 37.3 Å². The number of halogens is 1. The molecule has 6 nitrogen and oxygen atoms in total. The topological polar surface area (TPSA) is 81.0 Å². The minimum absolute atomic E-state index is 0.122. The van der Waals surface area contributed by atoms with Gasteiger partial charge in [0.25, 0.3) is 0 Å². The first-order valence-corrected chi connectivity index (χ1v) is 8.49. The summed E-state index contributed by atoms with van der Waals surface area (Å²) in [6, 6.07) is 14.6. The third-order valence-electron chi connectivity index (χ3n) is 3.29. The molecule has 3 aromatic rings. The van der Waals surface area contributed by atoms with Crippen molar-refractivity contribution >= 4 is 40.6 Å². The lowest BCUT2D eigenvalue weighted by atomic mass is 10.2. The van der Waals surface area contributed by atoms with Crippen LogP contribution in [-0.4, -0.2) is 14.9 Å². The second kappa shape index (κ2) is 7.50. The molecule has 0 amide bonds. The van der Waals surface area contributed by atoms with Gasteiger partial charge >= 0.3 is 5.69 Å². The fourth-order valence-corrected chi connectivity index (χ4v) is 3.17. The maximum absolute atomic E-state index is 11.6. The summed E-state index contributed by atoms with van der Waals surface area (Å²) in [5, 5.41) is 15.3. The van der Waals surface area contributed by atoms with Crippen LogP contribution >= 0.6 is 23.4 Å². The Morgan fingerprint density at radius 1 is 1.16 bits per heavy atom. The lowest BCUT2D eigenvalue weighted by Gasteiger charge is -2.09. The Kier molecular flexibility index (Phi) is 5.16. The Morgan fingerprint density at radius 3 is 2.60 bits per heavy atom. The van der Waals surface area contributed by atoms with Crippen LogP contribution in [0, 0.1) is 17.0 Å². The van der Waals surface area contributed by atoms with Crippen molar-refractivity contribution in [2.45, 2.75) is 16.8 Å². The zero-order valence-electron chi connectivity index (χ0n) is 13.1. The highest BCUT2D eigenvalue weighted by atomic mass is 35.5. The van der Waals surface area contributed by atoms with E-state index in [1.807, 2.05) is 31.2 Å². The lowest BCUT2D eigenvalue weighted by Crippen LogP contribution is -2.02. The van der Waals surface area contributed by atoms with Gasteiger partial charge in [0, 0.05) is 15.6 Å². The predicted molar refractivity (Wildman–Crippen MR) is 98.7 cm³/mol. The maximum atomic E-state index is 11.6. The van der Waals surface area contributed by atoms with Crippen molar-refractivity contribution < 1.29 is 4.92 Å². The third-order valence-corrected chi connectivity index (χ3v) is 4.53. The van der Waals surface area contributed by atoms with Crippen LogP contribution in [0.3, 0.4) is 0 Å². The molecule has 8 heteroatoms. The predicted octanol–water partition coefficient (Wildman–Crippen LogP) is 5.24. The molecule has 0 spiro atoms. The summed E-state index contributed by atoms with van der Waals surface area (Å²) in [4.78, 5) is 20.1. The highest BCUT2D eigenvalue weighted by Gasteiger charge is 2.24. The average molecular weight is 373 g/mol. The van der Waals surface area contributed by atoms with E-state index < -0.39 is 4.92 Å². The van der Waals surface area contributed by atoms with Crippen LogP contribution in [0.25, 0.3) is 0 Å². The van der Waals surface area contributed by atoms with Crippen molar-refractivity contribution in [2.24, 2.45) is 0 Å². The molecule has 2 aromatic carbocycles. The van der Waals surface area contributed by atoms with Gasteiger partial charge in [0.2, 0.25) is 5.82 Å². The number of rotatable bonds is 5. The van der Waals surface area contributed by atoms with E-state index >= 15 is 0 Å². The van der Waals surface area contributed by atoms with Gasteiger partial charge in [-0.1, -0.05) is 47.1 Å². The number of nitro groups is 1. The number of benzene rings is 2. The van der Waals surface area contributed by atoms with Gasteiger partial charge in [0.05, 0.1) is 4.92 Å². The van der Waals surface area contributed by atoms with E-state index in [2.05, 4.69) is 15.3 Å². The summed E-state index contributed by atoms with van der Waals surface area (Å²) in [7, 11) is 0. The van der Waals surface area contributed by atoms with Crippen molar-refractivity contribution in [3.63, 3.8) is 0 Å². The molecule has 1 N–H and O–H groups in total. The molecule has 0 fully saturated rings. The lowest BCUT2D eigenvalue weighted by molar-refractivity contribution is -0.387. The number of hydrogen-bond donors (Lipinski definition) is 1. The minimum Gasteiger partial charge on any atom is -0.334 e. The summed E-state index contributed by atoms with van der Waals surface area (Å²) in [5.74, 6) is 0.122. The van der Waals surface area contributed by atoms with Crippen molar-refractivity contribution in [3.05, 3.63) is 75.6 Å². The van der Waals surface area contributed by atoms with Gasteiger partial charge in [0.1, 0.15) is 6.33 Å². The van der Waals surface area contributed by atoms with Crippen LogP contribution in [0.2, 0.25) is 5.02 Å². The summed E-state index contributed by atoms with van der Waals surface area (Å²) >= 11 is 7.17. The Balaban J connectivity index is 1.96. The molecule has 0 aliphatic carbocycles. The van der Waals surface area contributed by atoms with Crippen LogP contribution in [-0.2, 0) is 0 Å². The maximum Gasteiger partial charge on any atom is 0.343 e. The molecule has 0 saturated carbocycles. The van der Waals surface area contributed by atoms with E-state index in [0.29, 0.717) is 10.7 Å². The van der Waals surface area contributed by atoms with Gasteiger partial charge in [-0.2, -0.15) is 0 Å². The summed E-state index contributed by atoms with van der Waals surface area (Å²) in [6.45, 7) is 1.98. The highest BCUT2D eigenvalue weighted by molar-refractivity contribution is 7.99. The standard InChI is InChI=1S/C17H13ClN4O2S/c1-11-5-7-14(8-6-11)25-17-15(22(23)24)16(19-10-20-17)21-13-4-2-3-12(18)9-13/h2-10H,1H3,(H,19,20,21). The molecule has 0 aliphatic rings. The van der Waals surface area contributed by atoms with Crippen LogP contribution in [0.4, 0.5) is 17.2 Å². The molecule has 25 heavy (non-hydrogen) atoms. The largest absolute Gasteiger partial charge is 0.343 e. The first-order valence-electron chi connectivity index (χ1n) is 7.29. The third kappa shape index (κ3) is 4.26. The van der Waals surface area contributed by atoms with Crippen molar-refractivity contribution in [3.8, 4) is 0 Å². The van der Waals surface area contributed by atoms with E-state index in [0.717, 1.165) is 10.5 Å². The van der Waals surface area contributed by atoms with Gasteiger partial charge in [-0.3, -0.25) is 10.1 Å². The molecule has 0 aliphatic heterocycles. The Morgan fingerprint density at radius 2 is 1.92 bits per heavy atom. The highest BCUT2D eigenvalue weighted by Crippen LogP contribution is 2.37. The zero-order valence-corrected chi connectivity index (χ0v) is 14.7. The molecule has 1 aromatic heterocycles. The summed E-state index contributed by atoms with van der Waals surface area (Å²) < 4.78 is 0. The van der Waals surface area contributed by atoms with Crippen LogP contribution in [0.15, 0.2) is 64.8 Å². The number of aryl methyl sites for hydroxylation is 1. The molecule has 1 heterocycles. The van der Waals surface area contributed by atoms with Crippen molar-refractivity contribution in [1.82, 2.24) is 9.97 Å². The fraction of sp³-hybridized carbons (Fsp3) is 0.0588. The van der Waals surface area contributed by atoms with Crippen molar-refractivity contribution in [2.75, 3.05) is 5.32 Å². The van der Waals surface area contributed by atoms with E-state index in [1.54, 1.807) is 24.3 Å². The number of hydrogen-bond acceptors (Lipinski definition) is 6. The number of nitrogens with one attached hydrogen (secondary N) is 1. The zero-order chi connectivity index (χ0) is 17.8. The molecule has 0 saturated heterocycles. The molecule has 0 radical (unpaired) electrons. The summed E-state index contributed by atoms with van der Waals surface area (Å²) in [6.07, 6.45) is 1.30. The fourth-order valence-electron chi connectivity index (χ4n) is 2.11. The number of anilines is 2. The van der Waals surface area contributed by atoms with Gasteiger partial charge < -0.3 is 5.32 Å². The molecule has 0 atom stereocenters. The monoisotopic (exact) mass is 372 g/mol. The van der Waals surface area contributed by atoms with Crippen LogP contribution < -0.4 is 5.32 Å². The van der Waals surface area contributed by atoms with Crippen LogP contribution in [0.1, 0.15) is 5.56 Å². The van der Waals surface area contributed by atoms with Crippen molar-refractivity contribution in [1.29, 1.82) is 0 Å². The van der Waals surface area contributed by atoms with E-state index in [1.165, 1.54) is 18.1 Å². The molecular weight excluding hydrogens is 360 g/mol. The minimum atomic E-state index is -0.483.